The maximum absolute atomic E-state index is 12.2. The zero-order chi connectivity index (χ0) is 16.1. The highest BCUT2D eigenvalue weighted by atomic mass is 35.5. The molecule has 0 aromatic carbocycles. The van der Waals surface area contributed by atoms with Gasteiger partial charge in [0.2, 0.25) is 0 Å². The Morgan fingerprint density at radius 2 is 2.05 bits per heavy atom. The van der Waals surface area contributed by atoms with Gasteiger partial charge in [0.1, 0.15) is 9.36 Å². The maximum atomic E-state index is 12.2. The minimum Gasteiger partial charge on any atom is -0.447 e. The summed E-state index contributed by atoms with van der Waals surface area (Å²) in [5, 5.41) is 3.02. The van der Waals surface area contributed by atoms with E-state index in [0.717, 1.165) is 37.2 Å². The van der Waals surface area contributed by atoms with E-state index in [2.05, 4.69) is 9.69 Å². The molecule has 1 aliphatic rings. The van der Waals surface area contributed by atoms with Gasteiger partial charge in [-0.25, -0.2) is 4.79 Å². The van der Waals surface area contributed by atoms with Crippen LogP contribution in [0.3, 0.4) is 0 Å². The fourth-order valence-corrected chi connectivity index (χ4v) is 3.41. The highest BCUT2D eigenvalue weighted by molar-refractivity contribution is 7.11. The van der Waals surface area contributed by atoms with Crippen LogP contribution in [0.1, 0.15) is 55.9 Å². The van der Waals surface area contributed by atoms with Crippen LogP contribution in [0.5, 0.6) is 0 Å². The zero-order valence-electron chi connectivity index (χ0n) is 12.2. The lowest BCUT2D eigenvalue weighted by molar-refractivity contribution is -0.131. The number of halogens is 2. The summed E-state index contributed by atoms with van der Waals surface area (Å²) in [4.78, 5) is 24.3. The van der Waals surface area contributed by atoms with Gasteiger partial charge in [0.05, 0.1) is 0 Å². The largest absolute Gasteiger partial charge is 0.447 e. The molecule has 5 nitrogen and oxygen atoms in total. The third-order valence-electron chi connectivity index (χ3n) is 3.65. The molecule has 0 unspecified atom stereocenters. The number of carbonyl (C=O) groups excluding carboxylic acids is 2. The number of aromatic nitrogens is 1. The average Bonchev–Trinajstić information content (AvgIpc) is 2.85. The van der Waals surface area contributed by atoms with E-state index in [4.69, 9.17) is 27.9 Å². The minimum absolute atomic E-state index is 0.0411. The monoisotopic (exact) mass is 364 g/mol. The Kier molecular flexibility index (Phi) is 6.47. The first-order valence-electron chi connectivity index (χ1n) is 7.35. The van der Waals surface area contributed by atoms with Crippen molar-refractivity contribution in [3.8, 4) is 0 Å². The van der Waals surface area contributed by atoms with Crippen molar-refractivity contribution in [3.05, 3.63) is 15.1 Å². The SMILES string of the molecule is CC[C@H](OC(=O)c1nsc(Cl)c1Cl)C(=O)NC1CCCCC1. The molecular formula is C14H18Cl2N2O3S. The second-order valence-corrected chi connectivity index (χ2v) is 7.02. The molecule has 1 fully saturated rings. The van der Waals surface area contributed by atoms with E-state index in [1.165, 1.54) is 6.42 Å². The van der Waals surface area contributed by atoms with Crippen molar-refractivity contribution in [2.45, 2.75) is 57.6 Å². The van der Waals surface area contributed by atoms with E-state index < -0.39 is 12.1 Å². The number of esters is 1. The first kappa shape index (κ1) is 17.5. The van der Waals surface area contributed by atoms with Gasteiger partial charge in [-0.2, -0.15) is 4.37 Å². The number of hydrogen-bond donors (Lipinski definition) is 1. The predicted molar refractivity (Wildman–Crippen MR) is 86.6 cm³/mol. The summed E-state index contributed by atoms with van der Waals surface area (Å²) < 4.78 is 9.31. The highest BCUT2D eigenvalue weighted by Crippen LogP contribution is 2.30. The fourth-order valence-electron chi connectivity index (χ4n) is 2.43. The van der Waals surface area contributed by atoms with Crippen LogP contribution < -0.4 is 5.32 Å². The predicted octanol–water partition coefficient (Wildman–Crippen LogP) is 3.83. The Bertz CT molecular complexity index is 544. The molecule has 1 aromatic heterocycles. The number of hydrogen-bond acceptors (Lipinski definition) is 5. The molecule has 0 radical (unpaired) electrons. The summed E-state index contributed by atoms with van der Waals surface area (Å²) in [5.41, 5.74) is -0.0411. The average molecular weight is 365 g/mol. The van der Waals surface area contributed by atoms with Crippen molar-refractivity contribution in [1.29, 1.82) is 0 Å². The van der Waals surface area contributed by atoms with Gasteiger partial charge >= 0.3 is 5.97 Å². The van der Waals surface area contributed by atoms with Crippen LogP contribution in [-0.2, 0) is 9.53 Å². The molecule has 1 heterocycles. The van der Waals surface area contributed by atoms with Gasteiger partial charge in [-0.05, 0) is 30.8 Å². The Morgan fingerprint density at radius 1 is 1.36 bits per heavy atom. The zero-order valence-corrected chi connectivity index (χ0v) is 14.6. The first-order chi connectivity index (χ1) is 10.5. The van der Waals surface area contributed by atoms with E-state index in [0.29, 0.717) is 6.42 Å². The lowest BCUT2D eigenvalue weighted by atomic mass is 9.95. The van der Waals surface area contributed by atoms with E-state index in [-0.39, 0.29) is 27.0 Å². The molecule has 0 saturated heterocycles. The molecule has 0 spiro atoms. The maximum Gasteiger partial charge on any atom is 0.360 e. The van der Waals surface area contributed by atoms with E-state index >= 15 is 0 Å². The Labute approximate surface area is 143 Å². The molecule has 1 aromatic rings. The molecule has 1 saturated carbocycles. The number of amides is 1. The number of nitrogens with zero attached hydrogens (tertiary/aromatic N) is 1. The summed E-state index contributed by atoms with van der Waals surface area (Å²) in [6.45, 7) is 1.79. The van der Waals surface area contributed by atoms with Crippen LogP contribution in [0.15, 0.2) is 0 Å². The van der Waals surface area contributed by atoms with Crippen LogP contribution in [0, 0.1) is 0 Å². The van der Waals surface area contributed by atoms with E-state index in [1.54, 1.807) is 6.92 Å². The molecule has 0 bridgehead atoms. The van der Waals surface area contributed by atoms with Crippen molar-refractivity contribution >= 4 is 46.6 Å². The molecule has 2 rings (SSSR count). The third-order valence-corrected chi connectivity index (χ3v) is 5.27. The molecule has 0 aliphatic heterocycles. The Hall–Kier alpha value is -0.850. The summed E-state index contributed by atoms with van der Waals surface area (Å²) in [5.74, 6) is -0.987. The van der Waals surface area contributed by atoms with Gasteiger partial charge in [0.25, 0.3) is 5.91 Å². The second-order valence-electron chi connectivity index (χ2n) is 5.26. The van der Waals surface area contributed by atoms with Crippen LogP contribution in [0.25, 0.3) is 0 Å². The van der Waals surface area contributed by atoms with Crippen molar-refractivity contribution in [3.63, 3.8) is 0 Å². The van der Waals surface area contributed by atoms with Crippen LogP contribution >= 0.6 is 34.7 Å². The van der Waals surface area contributed by atoms with E-state index in [1.807, 2.05) is 0 Å². The van der Waals surface area contributed by atoms with Gasteiger partial charge in [-0.1, -0.05) is 49.4 Å². The minimum atomic E-state index is -0.842. The van der Waals surface area contributed by atoms with Gasteiger partial charge in [-0.3, -0.25) is 4.79 Å². The second kappa shape index (κ2) is 8.13. The summed E-state index contributed by atoms with van der Waals surface area (Å²) in [6.07, 6.45) is 4.95. The Morgan fingerprint density at radius 3 is 2.59 bits per heavy atom. The summed E-state index contributed by atoms with van der Waals surface area (Å²) in [6, 6.07) is 0.173. The van der Waals surface area contributed by atoms with Crippen molar-refractivity contribution in [1.82, 2.24) is 9.69 Å². The number of nitrogens with one attached hydrogen (secondary N) is 1. The number of rotatable bonds is 5. The molecule has 122 valence electrons. The molecule has 22 heavy (non-hydrogen) atoms. The van der Waals surface area contributed by atoms with Crippen LogP contribution in [0.2, 0.25) is 9.36 Å². The smallest absolute Gasteiger partial charge is 0.360 e. The summed E-state index contributed by atoms with van der Waals surface area (Å²) in [7, 11) is 0. The molecule has 1 amide bonds. The molecule has 1 atom stereocenters. The molecule has 1 aliphatic carbocycles. The van der Waals surface area contributed by atoms with Crippen molar-refractivity contribution in [2.75, 3.05) is 0 Å². The third kappa shape index (κ3) is 4.33. The molecular weight excluding hydrogens is 347 g/mol. The van der Waals surface area contributed by atoms with Gasteiger partial charge in [0.15, 0.2) is 11.8 Å². The number of ether oxygens (including phenoxy) is 1. The van der Waals surface area contributed by atoms with Crippen LogP contribution in [-0.4, -0.2) is 28.4 Å². The van der Waals surface area contributed by atoms with Gasteiger partial charge in [-0.15, -0.1) is 0 Å². The standard InChI is InChI=1S/C14H18Cl2N2O3S/c1-2-9(13(19)17-8-6-4-3-5-7-8)21-14(20)11-10(15)12(16)22-18-11/h8-9H,2-7H2,1H3,(H,17,19)/t9-/m0/s1. The molecule has 8 heteroatoms. The van der Waals surface area contributed by atoms with Gasteiger partial charge < -0.3 is 10.1 Å². The lowest BCUT2D eigenvalue weighted by Crippen LogP contribution is -2.43. The molecule has 1 N–H and O–H groups in total. The summed E-state index contributed by atoms with van der Waals surface area (Å²) >= 11 is 12.6. The number of carbonyl (C=O) groups is 2. The first-order valence-corrected chi connectivity index (χ1v) is 8.87. The highest BCUT2D eigenvalue weighted by Gasteiger charge is 2.27. The van der Waals surface area contributed by atoms with Crippen LogP contribution in [0.4, 0.5) is 0 Å². The quantitative estimate of drug-likeness (QED) is 0.805. The van der Waals surface area contributed by atoms with E-state index in [9.17, 15) is 9.59 Å². The lowest BCUT2D eigenvalue weighted by Gasteiger charge is -2.25. The fraction of sp³-hybridized carbons (Fsp3) is 0.643. The Balaban J connectivity index is 1.94. The van der Waals surface area contributed by atoms with Gasteiger partial charge in [0, 0.05) is 6.04 Å². The normalized spacial score (nSPS) is 17.0. The van der Waals surface area contributed by atoms with Crippen molar-refractivity contribution in [2.24, 2.45) is 0 Å². The van der Waals surface area contributed by atoms with Crippen molar-refractivity contribution < 1.29 is 14.3 Å². The topological polar surface area (TPSA) is 68.3 Å².